The maximum Gasteiger partial charge on any atom is 0.323 e. The highest BCUT2D eigenvalue weighted by Crippen LogP contribution is 2.34. The molecule has 0 aliphatic carbocycles. The molecule has 0 saturated carbocycles. The van der Waals surface area contributed by atoms with Crippen molar-refractivity contribution in [3.8, 4) is 11.5 Å². The van der Waals surface area contributed by atoms with Crippen LogP contribution in [0.25, 0.3) is 0 Å². The highest BCUT2D eigenvalue weighted by atomic mass is 16.6. The van der Waals surface area contributed by atoms with Crippen LogP contribution in [0.15, 0.2) is 60.7 Å². The normalized spacial score (nSPS) is 14.4. The van der Waals surface area contributed by atoms with E-state index in [9.17, 15) is 9.59 Å². The van der Waals surface area contributed by atoms with E-state index in [0.717, 1.165) is 37.2 Å². The van der Waals surface area contributed by atoms with Crippen molar-refractivity contribution in [3.63, 3.8) is 0 Å². The van der Waals surface area contributed by atoms with E-state index in [1.807, 2.05) is 37.3 Å². The molecule has 2 aliphatic rings. The summed E-state index contributed by atoms with van der Waals surface area (Å²) < 4.78 is 11.1. The third-order valence-electron chi connectivity index (χ3n) is 6.03. The standard InChI is InChI=1S/C27H28N4O4/c1-18-5-4-6-19(15-18)26(32)28-20-7-9-23(31-11-2-3-12-31)22(16-20)30-27(33)29-21-8-10-24-25(17-21)35-14-13-34-24/h4-10,15-17H,2-3,11-14H2,1H3,(H,28,32)(H2,29,30,33). The van der Waals surface area contributed by atoms with Gasteiger partial charge in [0.15, 0.2) is 11.5 Å². The molecule has 3 N–H and O–H groups in total. The van der Waals surface area contributed by atoms with Crippen LogP contribution in [-0.2, 0) is 0 Å². The molecule has 1 saturated heterocycles. The Morgan fingerprint density at radius 3 is 2.34 bits per heavy atom. The zero-order valence-electron chi connectivity index (χ0n) is 19.6. The van der Waals surface area contributed by atoms with Crippen LogP contribution in [0, 0.1) is 6.92 Å². The molecule has 3 aromatic carbocycles. The molecular formula is C27H28N4O4. The fraction of sp³-hybridized carbons (Fsp3) is 0.259. The lowest BCUT2D eigenvalue weighted by atomic mass is 10.1. The van der Waals surface area contributed by atoms with Crippen molar-refractivity contribution in [2.24, 2.45) is 0 Å². The minimum Gasteiger partial charge on any atom is -0.486 e. The van der Waals surface area contributed by atoms with Gasteiger partial charge >= 0.3 is 6.03 Å². The quantitative estimate of drug-likeness (QED) is 0.471. The number of hydrogen-bond donors (Lipinski definition) is 3. The molecule has 3 aromatic rings. The summed E-state index contributed by atoms with van der Waals surface area (Å²) in [7, 11) is 0. The Morgan fingerprint density at radius 1 is 0.800 bits per heavy atom. The molecule has 180 valence electrons. The van der Waals surface area contributed by atoms with Gasteiger partial charge in [-0.25, -0.2) is 4.79 Å². The summed E-state index contributed by atoms with van der Waals surface area (Å²) in [5.74, 6) is 1.07. The van der Waals surface area contributed by atoms with E-state index in [2.05, 4.69) is 20.9 Å². The Bertz CT molecular complexity index is 1250. The monoisotopic (exact) mass is 472 g/mol. The van der Waals surface area contributed by atoms with Crippen LogP contribution < -0.4 is 30.3 Å². The van der Waals surface area contributed by atoms with E-state index in [4.69, 9.17) is 9.47 Å². The fourth-order valence-corrected chi connectivity index (χ4v) is 4.34. The largest absolute Gasteiger partial charge is 0.486 e. The van der Waals surface area contributed by atoms with Crippen LogP contribution in [0.5, 0.6) is 11.5 Å². The molecule has 0 unspecified atom stereocenters. The molecule has 35 heavy (non-hydrogen) atoms. The molecule has 1 fully saturated rings. The van der Waals surface area contributed by atoms with Crippen molar-refractivity contribution >= 4 is 34.7 Å². The van der Waals surface area contributed by atoms with Crippen molar-refractivity contribution < 1.29 is 19.1 Å². The summed E-state index contributed by atoms with van der Waals surface area (Å²) >= 11 is 0. The lowest BCUT2D eigenvalue weighted by Crippen LogP contribution is -2.24. The second kappa shape index (κ2) is 9.97. The molecule has 8 nitrogen and oxygen atoms in total. The van der Waals surface area contributed by atoms with Gasteiger partial charge in [-0.3, -0.25) is 4.79 Å². The van der Waals surface area contributed by atoms with Crippen LogP contribution in [0.2, 0.25) is 0 Å². The number of hydrogen-bond acceptors (Lipinski definition) is 5. The van der Waals surface area contributed by atoms with E-state index >= 15 is 0 Å². The Kier molecular flexibility index (Phi) is 6.43. The number of carbonyl (C=O) groups is 2. The van der Waals surface area contributed by atoms with Crippen molar-refractivity contribution in [1.82, 2.24) is 0 Å². The van der Waals surface area contributed by atoms with Crippen LogP contribution in [-0.4, -0.2) is 38.2 Å². The Balaban J connectivity index is 1.34. The second-order valence-electron chi connectivity index (χ2n) is 8.69. The molecule has 2 heterocycles. The zero-order valence-corrected chi connectivity index (χ0v) is 19.6. The number of nitrogens with zero attached hydrogens (tertiary/aromatic N) is 1. The molecule has 0 radical (unpaired) electrons. The van der Waals surface area contributed by atoms with Crippen molar-refractivity contribution in [1.29, 1.82) is 0 Å². The molecule has 3 amide bonds. The van der Waals surface area contributed by atoms with Crippen LogP contribution in [0.3, 0.4) is 0 Å². The van der Waals surface area contributed by atoms with Crippen molar-refractivity contribution in [2.45, 2.75) is 19.8 Å². The summed E-state index contributed by atoms with van der Waals surface area (Å²) in [6.07, 6.45) is 2.21. The average Bonchev–Trinajstić information content (AvgIpc) is 3.39. The van der Waals surface area contributed by atoms with Gasteiger partial charge in [-0.05, 0) is 62.2 Å². The highest BCUT2D eigenvalue weighted by Gasteiger charge is 2.19. The molecule has 0 aromatic heterocycles. The van der Waals surface area contributed by atoms with Gasteiger partial charge in [-0.2, -0.15) is 0 Å². The Hall–Kier alpha value is -4.20. The van der Waals surface area contributed by atoms with Gasteiger partial charge in [0.05, 0.1) is 11.4 Å². The molecule has 0 bridgehead atoms. The predicted octanol–water partition coefficient (Wildman–Crippen LogP) is 5.26. The number of urea groups is 1. The van der Waals surface area contributed by atoms with E-state index < -0.39 is 0 Å². The topological polar surface area (TPSA) is 91.9 Å². The average molecular weight is 473 g/mol. The van der Waals surface area contributed by atoms with E-state index in [-0.39, 0.29) is 11.9 Å². The SMILES string of the molecule is Cc1cccc(C(=O)Nc2ccc(N3CCCC3)c(NC(=O)Nc3ccc4c(c3)OCCO4)c2)c1. The number of nitrogens with one attached hydrogen (secondary N) is 3. The molecule has 2 aliphatic heterocycles. The number of ether oxygens (including phenoxy) is 2. The van der Waals surface area contributed by atoms with Gasteiger partial charge in [-0.15, -0.1) is 0 Å². The minimum atomic E-state index is -0.385. The number of carbonyl (C=O) groups excluding carboxylic acids is 2. The number of benzene rings is 3. The van der Waals surface area contributed by atoms with E-state index in [1.165, 1.54) is 0 Å². The van der Waals surface area contributed by atoms with Gasteiger partial charge in [0, 0.05) is 36.1 Å². The Morgan fingerprint density at radius 2 is 1.54 bits per heavy atom. The Labute approximate surface area is 204 Å². The third-order valence-corrected chi connectivity index (χ3v) is 6.03. The molecule has 0 atom stereocenters. The van der Waals surface area contributed by atoms with Gasteiger partial charge in [0.25, 0.3) is 5.91 Å². The first-order valence-corrected chi connectivity index (χ1v) is 11.8. The summed E-state index contributed by atoms with van der Waals surface area (Å²) in [6, 6.07) is 17.9. The van der Waals surface area contributed by atoms with Gasteiger partial charge in [-0.1, -0.05) is 17.7 Å². The highest BCUT2D eigenvalue weighted by molar-refractivity contribution is 6.06. The van der Waals surface area contributed by atoms with Crippen molar-refractivity contribution in [2.75, 3.05) is 47.2 Å². The zero-order chi connectivity index (χ0) is 24.2. The van der Waals surface area contributed by atoms with Crippen LogP contribution >= 0.6 is 0 Å². The minimum absolute atomic E-state index is 0.200. The number of fused-ring (bicyclic) bond motifs is 1. The first kappa shape index (κ1) is 22.6. The molecular weight excluding hydrogens is 444 g/mol. The number of anilines is 4. The van der Waals surface area contributed by atoms with Crippen LogP contribution in [0.1, 0.15) is 28.8 Å². The van der Waals surface area contributed by atoms with E-state index in [1.54, 1.807) is 30.3 Å². The summed E-state index contributed by atoms with van der Waals surface area (Å²) in [6.45, 7) is 4.78. The van der Waals surface area contributed by atoms with Crippen LogP contribution in [0.4, 0.5) is 27.5 Å². The first-order chi connectivity index (χ1) is 17.0. The smallest absolute Gasteiger partial charge is 0.323 e. The first-order valence-electron chi connectivity index (χ1n) is 11.8. The number of rotatable bonds is 5. The predicted molar refractivity (Wildman–Crippen MR) is 137 cm³/mol. The third kappa shape index (κ3) is 5.32. The summed E-state index contributed by atoms with van der Waals surface area (Å²) in [4.78, 5) is 27.9. The summed E-state index contributed by atoms with van der Waals surface area (Å²) in [5.41, 5.74) is 4.35. The van der Waals surface area contributed by atoms with Crippen molar-refractivity contribution in [3.05, 3.63) is 71.8 Å². The van der Waals surface area contributed by atoms with Gasteiger partial charge in [0.1, 0.15) is 13.2 Å². The molecule has 0 spiro atoms. The molecule has 5 rings (SSSR count). The maximum absolute atomic E-state index is 12.9. The fourth-order valence-electron chi connectivity index (χ4n) is 4.34. The lowest BCUT2D eigenvalue weighted by Gasteiger charge is -2.23. The number of aryl methyl sites for hydroxylation is 1. The molecule has 8 heteroatoms. The lowest BCUT2D eigenvalue weighted by molar-refractivity contribution is 0.102. The second-order valence-corrected chi connectivity index (χ2v) is 8.69. The summed E-state index contributed by atoms with van der Waals surface area (Å²) in [5, 5.41) is 8.76. The number of amides is 3. The van der Waals surface area contributed by atoms with E-state index in [0.29, 0.717) is 47.3 Å². The van der Waals surface area contributed by atoms with Gasteiger partial charge in [0.2, 0.25) is 0 Å². The van der Waals surface area contributed by atoms with Gasteiger partial charge < -0.3 is 30.3 Å². The maximum atomic E-state index is 12.9.